The molecule has 0 radical (unpaired) electrons. The molecule has 5 aromatic rings. The lowest BCUT2D eigenvalue weighted by Crippen LogP contribution is -2.19. The van der Waals surface area contributed by atoms with E-state index >= 15 is 0 Å². The van der Waals surface area contributed by atoms with Gasteiger partial charge >= 0.3 is 0 Å². The number of amides is 1. The quantitative estimate of drug-likeness (QED) is 0.265. The van der Waals surface area contributed by atoms with Gasteiger partial charge in [-0.05, 0) is 36.3 Å². The van der Waals surface area contributed by atoms with E-state index in [4.69, 9.17) is 22.0 Å². The number of nitrogens with zero attached hydrogens (tertiary/aromatic N) is 8. The molecule has 5 rings (SSSR count). The van der Waals surface area contributed by atoms with Crippen LogP contribution in [0.5, 0.6) is 0 Å². The van der Waals surface area contributed by atoms with E-state index in [2.05, 4.69) is 36.3 Å². The van der Waals surface area contributed by atoms with Crippen LogP contribution in [0.25, 0.3) is 22.8 Å². The van der Waals surface area contributed by atoms with E-state index in [-0.39, 0.29) is 17.3 Å². The highest BCUT2D eigenvalue weighted by atomic mass is 35.5. The molecule has 0 fully saturated rings. The van der Waals surface area contributed by atoms with E-state index in [0.717, 1.165) is 11.3 Å². The van der Waals surface area contributed by atoms with Gasteiger partial charge in [0.1, 0.15) is 10.8 Å². The standard InChI is InChI=1S/C23H19ClN10O2/c1-13-8-10-15(11-9-13)19-18(27-32-34(19)22-21(25)30-36-31-22)23(35)28-26-12-17-14(2)29-33(20(17)24)16-6-4-3-5-7-16/h3-12H,1-2H3,(H2,25,30)(H,28,35). The number of hydrazone groups is 1. The Bertz CT molecular complexity index is 1570. The molecule has 0 aliphatic heterocycles. The zero-order chi connectivity index (χ0) is 25.2. The van der Waals surface area contributed by atoms with Crippen molar-refractivity contribution in [3.05, 3.63) is 82.3 Å². The number of nitrogen functional groups attached to an aromatic ring is 1. The molecule has 0 unspecified atom stereocenters. The van der Waals surface area contributed by atoms with E-state index in [1.54, 1.807) is 11.6 Å². The summed E-state index contributed by atoms with van der Waals surface area (Å²) in [6.07, 6.45) is 1.43. The molecule has 0 atom stereocenters. The highest BCUT2D eigenvalue weighted by Gasteiger charge is 2.25. The smallest absolute Gasteiger partial charge is 0.294 e. The second-order valence-corrected chi connectivity index (χ2v) is 8.13. The highest BCUT2D eigenvalue weighted by molar-refractivity contribution is 6.32. The Morgan fingerprint density at radius 3 is 2.53 bits per heavy atom. The molecule has 3 aromatic heterocycles. The zero-order valence-electron chi connectivity index (χ0n) is 19.1. The van der Waals surface area contributed by atoms with Crippen LogP contribution in [0.1, 0.15) is 27.3 Å². The fourth-order valence-electron chi connectivity index (χ4n) is 3.50. The van der Waals surface area contributed by atoms with Crippen LogP contribution in [0, 0.1) is 13.8 Å². The molecule has 12 nitrogen and oxygen atoms in total. The van der Waals surface area contributed by atoms with Crippen molar-refractivity contribution in [3.63, 3.8) is 0 Å². The summed E-state index contributed by atoms with van der Waals surface area (Å²) in [5, 5.41) is 24.3. The number of anilines is 1. The third kappa shape index (κ3) is 4.20. The lowest BCUT2D eigenvalue weighted by molar-refractivity contribution is 0.0950. The number of aromatic nitrogens is 7. The van der Waals surface area contributed by atoms with Crippen molar-refractivity contribution in [2.24, 2.45) is 5.10 Å². The van der Waals surface area contributed by atoms with Gasteiger partial charge in [0.15, 0.2) is 5.69 Å². The van der Waals surface area contributed by atoms with Crippen molar-refractivity contribution in [2.75, 3.05) is 5.73 Å². The Morgan fingerprint density at radius 2 is 1.83 bits per heavy atom. The molecule has 2 aromatic carbocycles. The van der Waals surface area contributed by atoms with E-state index in [1.165, 1.54) is 10.9 Å². The summed E-state index contributed by atoms with van der Waals surface area (Å²) in [6, 6.07) is 16.9. The second kappa shape index (κ2) is 9.43. The van der Waals surface area contributed by atoms with Gasteiger partial charge in [-0.25, -0.2) is 14.7 Å². The van der Waals surface area contributed by atoms with Gasteiger partial charge in [0, 0.05) is 5.56 Å². The van der Waals surface area contributed by atoms with Gasteiger partial charge in [-0.2, -0.15) is 14.9 Å². The minimum absolute atomic E-state index is 0.00111. The molecule has 0 saturated heterocycles. The molecule has 0 bridgehead atoms. The average Bonchev–Trinajstić information content (AvgIpc) is 3.58. The van der Waals surface area contributed by atoms with E-state index in [0.29, 0.717) is 27.7 Å². The Balaban J connectivity index is 1.45. The van der Waals surface area contributed by atoms with Crippen LogP contribution >= 0.6 is 11.6 Å². The van der Waals surface area contributed by atoms with Gasteiger partial charge in [-0.15, -0.1) is 5.10 Å². The number of carbonyl (C=O) groups excluding carboxylic acids is 1. The molecule has 0 aliphatic rings. The number of benzene rings is 2. The van der Waals surface area contributed by atoms with Crippen LogP contribution in [0.3, 0.4) is 0 Å². The maximum atomic E-state index is 13.1. The number of nitrogens with one attached hydrogen (secondary N) is 1. The summed E-state index contributed by atoms with van der Waals surface area (Å²) in [7, 11) is 0. The predicted molar refractivity (Wildman–Crippen MR) is 132 cm³/mol. The first-order chi connectivity index (χ1) is 17.4. The van der Waals surface area contributed by atoms with Crippen molar-refractivity contribution in [3.8, 4) is 22.8 Å². The van der Waals surface area contributed by atoms with Crippen LogP contribution in [0.15, 0.2) is 64.3 Å². The SMILES string of the molecule is Cc1ccc(-c2c(C(=O)NN=Cc3c(C)nn(-c4ccccc4)c3Cl)nnn2-c2nonc2N)cc1. The molecule has 0 saturated carbocycles. The summed E-state index contributed by atoms with van der Waals surface area (Å²) in [6.45, 7) is 3.75. The number of hydrogen-bond acceptors (Lipinski definition) is 9. The third-order valence-electron chi connectivity index (χ3n) is 5.32. The Labute approximate surface area is 209 Å². The molecule has 0 aliphatic carbocycles. The highest BCUT2D eigenvalue weighted by Crippen LogP contribution is 2.27. The number of halogens is 1. The van der Waals surface area contributed by atoms with Crippen LogP contribution in [-0.2, 0) is 0 Å². The van der Waals surface area contributed by atoms with E-state index < -0.39 is 5.91 Å². The molecule has 0 spiro atoms. The van der Waals surface area contributed by atoms with E-state index in [9.17, 15) is 4.79 Å². The number of rotatable bonds is 6. The fraction of sp³-hybridized carbons (Fsp3) is 0.0870. The lowest BCUT2D eigenvalue weighted by atomic mass is 10.1. The molecule has 13 heteroatoms. The molecule has 36 heavy (non-hydrogen) atoms. The summed E-state index contributed by atoms with van der Waals surface area (Å²) in [5.74, 6) is -0.498. The Hall–Kier alpha value is -4.84. The first-order valence-electron chi connectivity index (χ1n) is 10.7. The molecule has 180 valence electrons. The largest absolute Gasteiger partial charge is 0.378 e. The number of carbonyl (C=O) groups is 1. The maximum Gasteiger partial charge on any atom is 0.294 e. The summed E-state index contributed by atoms with van der Waals surface area (Å²) in [4.78, 5) is 13.1. The number of hydrogen-bond donors (Lipinski definition) is 2. The predicted octanol–water partition coefficient (Wildman–Crippen LogP) is 3.12. The summed E-state index contributed by atoms with van der Waals surface area (Å²) < 4.78 is 7.58. The van der Waals surface area contributed by atoms with Gasteiger partial charge in [0.2, 0.25) is 11.6 Å². The minimum atomic E-state index is -0.604. The van der Waals surface area contributed by atoms with Crippen LogP contribution < -0.4 is 11.2 Å². The van der Waals surface area contributed by atoms with Crippen molar-refractivity contribution in [1.29, 1.82) is 0 Å². The van der Waals surface area contributed by atoms with Gasteiger partial charge in [0.25, 0.3) is 5.91 Å². The summed E-state index contributed by atoms with van der Waals surface area (Å²) >= 11 is 6.53. The molecular formula is C23H19ClN10O2. The molecule has 1 amide bonds. The first kappa shape index (κ1) is 22.9. The fourth-order valence-corrected chi connectivity index (χ4v) is 3.82. The van der Waals surface area contributed by atoms with Crippen molar-refractivity contribution >= 4 is 29.5 Å². The molecular weight excluding hydrogens is 484 g/mol. The van der Waals surface area contributed by atoms with Crippen LogP contribution in [0.4, 0.5) is 5.82 Å². The third-order valence-corrected chi connectivity index (χ3v) is 5.68. The normalized spacial score (nSPS) is 11.3. The van der Waals surface area contributed by atoms with Gasteiger partial charge < -0.3 is 5.73 Å². The maximum absolute atomic E-state index is 13.1. The number of para-hydroxylation sites is 1. The lowest BCUT2D eigenvalue weighted by Gasteiger charge is -2.06. The topological polar surface area (TPSA) is 155 Å². The van der Waals surface area contributed by atoms with Crippen molar-refractivity contribution in [2.45, 2.75) is 13.8 Å². The van der Waals surface area contributed by atoms with Gasteiger partial charge in [-0.3, -0.25) is 4.79 Å². The average molecular weight is 503 g/mol. The van der Waals surface area contributed by atoms with Gasteiger partial charge in [-0.1, -0.05) is 64.8 Å². The number of aryl methyl sites for hydroxylation is 2. The molecule has 3 heterocycles. The van der Waals surface area contributed by atoms with Crippen molar-refractivity contribution in [1.82, 2.24) is 40.5 Å². The second-order valence-electron chi connectivity index (χ2n) is 7.77. The zero-order valence-corrected chi connectivity index (χ0v) is 19.9. The van der Waals surface area contributed by atoms with Crippen molar-refractivity contribution < 1.29 is 9.42 Å². The molecule has 3 N–H and O–H groups in total. The first-order valence-corrected chi connectivity index (χ1v) is 11.1. The monoisotopic (exact) mass is 502 g/mol. The minimum Gasteiger partial charge on any atom is -0.378 e. The van der Waals surface area contributed by atoms with Crippen LogP contribution in [-0.4, -0.2) is 47.2 Å². The van der Waals surface area contributed by atoms with Gasteiger partial charge in [0.05, 0.1) is 23.2 Å². The number of nitrogens with two attached hydrogens (primary N) is 1. The van der Waals surface area contributed by atoms with E-state index in [1.807, 2.05) is 61.5 Å². The Kier molecular flexibility index (Phi) is 6.00. The Morgan fingerprint density at radius 1 is 1.08 bits per heavy atom. The van der Waals surface area contributed by atoms with Crippen LogP contribution in [0.2, 0.25) is 5.15 Å². The summed E-state index contributed by atoms with van der Waals surface area (Å²) in [5.41, 5.74) is 12.4.